The maximum absolute atomic E-state index is 11.7. The van der Waals surface area contributed by atoms with Crippen molar-refractivity contribution >= 4 is 11.9 Å². The van der Waals surface area contributed by atoms with Crippen molar-refractivity contribution < 1.29 is 14.7 Å². The highest BCUT2D eigenvalue weighted by molar-refractivity contribution is 5.85. The number of hydrogen-bond donors (Lipinski definition) is 2. The van der Waals surface area contributed by atoms with Gasteiger partial charge in [-0.3, -0.25) is 9.59 Å². The van der Waals surface area contributed by atoms with Crippen LogP contribution < -0.4 is 5.32 Å². The quantitative estimate of drug-likeness (QED) is 0.752. The van der Waals surface area contributed by atoms with Crippen molar-refractivity contribution in [3.63, 3.8) is 0 Å². The van der Waals surface area contributed by atoms with E-state index in [1.54, 1.807) is 0 Å². The smallest absolute Gasteiger partial charge is 0.310 e. The first-order valence-electron chi connectivity index (χ1n) is 5.90. The number of nitrogens with one attached hydrogen (secondary N) is 1. The summed E-state index contributed by atoms with van der Waals surface area (Å²) >= 11 is 0. The molecule has 0 aromatic carbocycles. The van der Waals surface area contributed by atoms with E-state index in [-0.39, 0.29) is 18.4 Å². The molecule has 1 atom stereocenters. The molecule has 1 aliphatic rings. The van der Waals surface area contributed by atoms with Gasteiger partial charge >= 0.3 is 5.97 Å². The van der Waals surface area contributed by atoms with Crippen LogP contribution in [0.5, 0.6) is 0 Å². The van der Waals surface area contributed by atoms with Crippen molar-refractivity contribution in [1.82, 2.24) is 5.32 Å². The molecule has 1 saturated carbocycles. The molecule has 2 N–H and O–H groups in total. The molecule has 1 amide bonds. The molecule has 1 rings (SSSR count). The molecular formula is C12H21NO3. The average molecular weight is 227 g/mol. The first-order valence-corrected chi connectivity index (χ1v) is 5.90. The Morgan fingerprint density at radius 1 is 1.31 bits per heavy atom. The van der Waals surface area contributed by atoms with Gasteiger partial charge in [0.2, 0.25) is 5.91 Å². The summed E-state index contributed by atoms with van der Waals surface area (Å²) < 4.78 is 0. The molecule has 0 saturated heterocycles. The van der Waals surface area contributed by atoms with E-state index in [4.69, 9.17) is 5.11 Å². The van der Waals surface area contributed by atoms with Gasteiger partial charge in [-0.05, 0) is 25.7 Å². The van der Waals surface area contributed by atoms with Crippen LogP contribution in [-0.4, -0.2) is 23.0 Å². The Balaban J connectivity index is 2.47. The van der Waals surface area contributed by atoms with Crippen LogP contribution in [0.3, 0.4) is 0 Å². The highest BCUT2D eigenvalue weighted by atomic mass is 16.4. The lowest BCUT2D eigenvalue weighted by Crippen LogP contribution is -2.45. The number of carboxylic acid groups (broad SMARTS) is 1. The summed E-state index contributed by atoms with van der Waals surface area (Å²) in [6.45, 7) is 6.00. The van der Waals surface area contributed by atoms with E-state index in [0.29, 0.717) is 18.8 Å². The van der Waals surface area contributed by atoms with Gasteiger partial charge in [-0.25, -0.2) is 0 Å². The molecule has 4 nitrogen and oxygen atoms in total. The summed E-state index contributed by atoms with van der Waals surface area (Å²) in [6, 6.07) is 0.0958. The van der Waals surface area contributed by atoms with Crippen molar-refractivity contribution in [1.29, 1.82) is 0 Å². The maximum Gasteiger partial charge on any atom is 0.310 e. The van der Waals surface area contributed by atoms with Gasteiger partial charge in [0.25, 0.3) is 0 Å². The van der Waals surface area contributed by atoms with Crippen LogP contribution in [0.25, 0.3) is 0 Å². The Bertz CT molecular complexity index is 282. The third-order valence-corrected chi connectivity index (χ3v) is 3.65. The van der Waals surface area contributed by atoms with Gasteiger partial charge in [0.15, 0.2) is 0 Å². The second-order valence-electron chi connectivity index (χ2n) is 5.22. The zero-order valence-electron chi connectivity index (χ0n) is 10.2. The monoisotopic (exact) mass is 227 g/mol. The first-order chi connectivity index (χ1) is 7.37. The molecule has 92 valence electrons. The van der Waals surface area contributed by atoms with Gasteiger partial charge in [0.1, 0.15) is 0 Å². The topological polar surface area (TPSA) is 66.4 Å². The standard InChI is InChI=1S/C12H21NO3/c1-8(2)9(3)13-10(14)7-12(11(15)16)5-4-6-12/h8-9H,4-7H2,1-3H3,(H,13,14)(H,15,16). The molecule has 0 aromatic heterocycles. The van der Waals surface area contributed by atoms with Crippen molar-refractivity contribution in [3.05, 3.63) is 0 Å². The Labute approximate surface area is 96.4 Å². The first kappa shape index (κ1) is 13.0. The van der Waals surface area contributed by atoms with Crippen LogP contribution in [0.15, 0.2) is 0 Å². The summed E-state index contributed by atoms with van der Waals surface area (Å²) in [5.41, 5.74) is -0.777. The summed E-state index contributed by atoms with van der Waals surface area (Å²) in [4.78, 5) is 22.8. The molecule has 1 aliphatic carbocycles. The lowest BCUT2D eigenvalue weighted by atomic mass is 9.66. The molecule has 0 spiro atoms. The second kappa shape index (κ2) is 4.85. The van der Waals surface area contributed by atoms with Crippen LogP contribution >= 0.6 is 0 Å². The number of rotatable bonds is 5. The Kier molecular flexibility index (Phi) is 3.94. The highest BCUT2D eigenvalue weighted by Crippen LogP contribution is 2.44. The van der Waals surface area contributed by atoms with Crippen LogP contribution in [0.1, 0.15) is 46.5 Å². The predicted octanol–water partition coefficient (Wildman–Crippen LogP) is 1.79. The van der Waals surface area contributed by atoms with Crippen LogP contribution in [-0.2, 0) is 9.59 Å². The zero-order chi connectivity index (χ0) is 12.3. The number of carboxylic acids is 1. The van der Waals surface area contributed by atoms with Crippen molar-refractivity contribution in [2.24, 2.45) is 11.3 Å². The van der Waals surface area contributed by atoms with E-state index in [9.17, 15) is 9.59 Å². The van der Waals surface area contributed by atoms with E-state index in [1.807, 2.05) is 20.8 Å². The molecule has 4 heteroatoms. The van der Waals surface area contributed by atoms with Crippen LogP contribution in [0.4, 0.5) is 0 Å². The fourth-order valence-corrected chi connectivity index (χ4v) is 1.85. The Morgan fingerprint density at radius 3 is 2.19 bits per heavy atom. The minimum atomic E-state index is -0.828. The molecule has 16 heavy (non-hydrogen) atoms. The molecule has 0 aromatic rings. The Hall–Kier alpha value is -1.06. The molecule has 1 fully saturated rings. The molecule has 0 bridgehead atoms. The fourth-order valence-electron chi connectivity index (χ4n) is 1.85. The van der Waals surface area contributed by atoms with Gasteiger partial charge in [-0.15, -0.1) is 0 Å². The number of carbonyl (C=O) groups excluding carboxylic acids is 1. The summed E-state index contributed by atoms with van der Waals surface area (Å²) in [7, 11) is 0. The third kappa shape index (κ3) is 2.74. The molecular weight excluding hydrogens is 206 g/mol. The third-order valence-electron chi connectivity index (χ3n) is 3.65. The summed E-state index contributed by atoms with van der Waals surface area (Å²) in [6.07, 6.45) is 2.30. The SMILES string of the molecule is CC(C)C(C)NC(=O)CC1(C(=O)O)CCC1. The minimum absolute atomic E-state index is 0.0958. The predicted molar refractivity (Wildman–Crippen MR) is 61.0 cm³/mol. The molecule has 0 aliphatic heterocycles. The number of carbonyl (C=O) groups is 2. The highest BCUT2D eigenvalue weighted by Gasteiger charge is 2.45. The average Bonchev–Trinajstić information content (AvgIpc) is 2.10. The number of amides is 1. The molecule has 1 unspecified atom stereocenters. The van der Waals surface area contributed by atoms with Crippen molar-refractivity contribution in [2.45, 2.75) is 52.5 Å². The second-order valence-corrected chi connectivity index (χ2v) is 5.22. The van der Waals surface area contributed by atoms with E-state index in [0.717, 1.165) is 6.42 Å². The normalized spacial score (nSPS) is 20.0. The van der Waals surface area contributed by atoms with E-state index in [1.165, 1.54) is 0 Å². The van der Waals surface area contributed by atoms with Gasteiger partial charge in [-0.2, -0.15) is 0 Å². The van der Waals surface area contributed by atoms with Gasteiger partial charge in [-0.1, -0.05) is 20.3 Å². The van der Waals surface area contributed by atoms with Gasteiger partial charge in [0, 0.05) is 12.5 Å². The number of hydrogen-bond acceptors (Lipinski definition) is 2. The Morgan fingerprint density at radius 2 is 1.88 bits per heavy atom. The zero-order valence-corrected chi connectivity index (χ0v) is 10.2. The lowest BCUT2D eigenvalue weighted by Gasteiger charge is -2.37. The molecule has 0 heterocycles. The number of aliphatic carboxylic acids is 1. The molecule has 0 radical (unpaired) electrons. The fraction of sp³-hybridized carbons (Fsp3) is 0.833. The van der Waals surface area contributed by atoms with Crippen LogP contribution in [0, 0.1) is 11.3 Å². The largest absolute Gasteiger partial charge is 0.481 e. The summed E-state index contributed by atoms with van der Waals surface area (Å²) in [5, 5.41) is 12.0. The lowest BCUT2D eigenvalue weighted by molar-refractivity contribution is -0.157. The minimum Gasteiger partial charge on any atom is -0.481 e. The van der Waals surface area contributed by atoms with Gasteiger partial charge in [0.05, 0.1) is 5.41 Å². The maximum atomic E-state index is 11.7. The van der Waals surface area contributed by atoms with Crippen LogP contribution in [0.2, 0.25) is 0 Å². The van der Waals surface area contributed by atoms with E-state index < -0.39 is 11.4 Å². The van der Waals surface area contributed by atoms with Crippen molar-refractivity contribution in [2.75, 3.05) is 0 Å². The van der Waals surface area contributed by atoms with E-state index in [2.05, 4.69) is 5.32 Å². The van der Waals surface area contributed by atoms with Crippen molar-refractivity contribution in [3.8, 4) is 0 Å². The summed E-state index contributed by atoms with van der Waals surface area (Å²) in [5.74, 6) is -0.597. The van der Waals surface area contributed by atoms with E-state index >= 15 is 0 Å². The van der Waals surface area contributed by atoms with Gasteiger partial charge < -0.3 is 10.4 Å².